The number of hydrogen-bond donors (Lipinski definition) is 3. The van der Waals surface area contributed by atoms with Crippen molar-refractivity contribution in [1.82, 2.24) is 10.3 Å². The standard InChI is InChI=1S/C18H23N3O2S/c1-12-11-24-17(19-12)13-6-4-7-15(9-13)20-18(23)21-16-8-3-2-5-14(16)10-22/h4,6-7,9,11,14,16,22H,2-3,5,8,10H2,1H3,(H2,20,21,23). The van der Waals surface area contributed by atoms with Gasteiger partial charge in [-0.05, 0) is 31.9 Å². The monoisotopic (exact) mass is 345 g/mol. The second kappa shape index (κ2) is 7.77. The molecule has 1 aromatic carbocycles. The maximum atomic E-state index is 12.3. The summed E-state index contributed by atoms with van der Waals surface area (Å²) in [5.74, 6) is 0.161. The molecular weight excluding hydrogens is 322 g/mol. The van der Waals surface area contributed by atoms with E-state index in [2.05, 4.69) is 15.6 Å². The lowest BCUT2D eigenvalue weighted by Crippen LogP contribution is -2.45. The fourth-order valence-corrected chi connectivity index (χ4v) is 3.96. The zero-order valence-corrected chi connectivity index (χ0v) is 14.6. The topological polar surface area (TPSA) is 74.2 Å². The van der Waals surface area contributed by atoms with Crippen LogP contribution in [0.3, 0.4) is 0 Å². The Morgan fingerprint density at radius 3 is 2.96 bits per heavy atom. The van der Waals surface area contributed by atoms with Crippen LogP contribution in [-0.2, 0) is 0 Å². The third-order valence-electron chi connectivity index (χ3n) is 4.45. The third-order valence-corrected chi connectivity index (χ3v) is 5.46. The Balaban J connectivity index is 1.64. The predicted molar refractivity (Wildman–Crippen MR) is 97.3 cm³/mol. The van der Waals surface area contributed by atoms with Crippen LogP contribution in [0.4, 0.5) is 10.5 Å². The molecule has 0 aliphatic heterocycles. The molecule has 2 atom stereocenters. The van der Waals surface area contributed by atoms with Gasteiger partial charge >= 0.3 is 6.03 Å². The molecule has 0 bridgehead atoms. The number of carbonyl (C=O) groups is 1. The highest BCUT2D eigenvalue weighted by Crippen LogP contribution is 2.26. The van der Waals surface area contributed by atoms with Crippen LogP contribution < -0.4 is 10.6 Å². The van der Waals surface area contributed by atoms with Gasteiger partial charge in [-0.25, -0.2) is 9.78 Å². The lowest BCUT2D eigenvalue weighted by atomic mass is 9.85. The lowest BCUT2D eigenvalue weighted by molar-refractivity contribution is 0.156. The van der Waals surface area contributed by atoms with Gasteiger partial charge in [-0.15, -0.1) is 11.3 Å². The normalized spacial score (nSPS) is 20.6. The van der Waals surface area contributed by atoms with Crippen molar-refractivity contribution in [2.45, 2.75) is 38.6 Å². The van der Waals surface area contributed by atoms with Crippen molar-refractivity contribution in [3.05, 3.63) is 35.3 Å². The van der Waals surface area contributed by atoms with Crippen LogP contribution in [0.25, 0.3) is 10.6 Å². The third kappa shape index (κ3) is 4.13. The molecule has 128 valence electrons. The number of urea groups is 1. The molecule has 24 heavy (non-hydrogen) atoms. The average Bonchev–Trinajstić information content (AvgIpc) is 3.02. The van der Waals surface area contributed by atoms with Gasteiger partial charge in [0.15, 0.2) is 0 Å². The maximum Gasteiger partial charge on any atom is 0.319 e. The first-order chi connectivity index (χ1) is 11.7. The number of thiazole rings is 1. The number of nitrogens with zero attached hydrogens (tertiary/aromatic N) is 1. The number of aryl methyl sites for hydroxylation is 1. The summed E-state index contributed by atoms with van der Waals surface area (Å²) < 4.78 is 0. The molecule has 0 saturated heterocycles. The molecule has 3 N–H and O–H groups in total. The van der Waals surface area contributed by atoms with Gasteiger partial charge in [0.05, 0.1) is 0 Å². The Morgan fingerprint density at radius 1 is 1.38 bits per heavy atom. The Hall–Kier alpha value is -1.92. The summed E-state index contributed by atoms with van der Waals surface area (Å²) in [4.78, 5) is 16.8. The maximum absolute atomic E-state index is 12.3. The zero-order valence-electron chi connectivity index (χ0n) is 13.8. The molecule has 1 aliphatic rings. The van der Waals surface area contributed by atoms with E-state index in [0.29, 0.717) is 0 Å². The molecule has 1 heterocycles. The van der Waals surface area contributed by atoms with Gasteiger partial charge in [0.1, 0.15) is 5.01 Å². The summed E-state index contributed by atoms with van der Waals surface area (Å²) >= 11 is 1.59. The molecule has 5 nitrogen and oxygen atoms in total. The second-order valence-electron chi connectivity index (χ2n) is 6.31. The highest BCUT2D eigenvalue weighted by Gasteiger charge is 2.25. The Labute approximate surface area is 146 Å². The van der Waals surface area contributed by atoms with E-state index in [1.54, 1.807) is 11.3 Å². The van der Waals surface area contributed by atoms with Gasteiger partial charge in [-0.1, -0.05) is 25.0 Å². The molecule has 0 radical (unpaired) electrons. The lowest BCUT2D eigenvalue weighted by Gasteiger charge is -2.30. The number of benzene rings is 1. The van der Waals surface area contributed by atoms with Crippen LogP contribution in [0.5, 0.6) is 0 Å². The Bertz CT molecular complexity index is 701. The smallest absolute Gasteiger partial charge is 0.319 e. The molecule has 1 aliphatic carbocycles. The fraction of sp³-hybridized carbons (Fsp3) is 0.444. The van der Waals surface area contributed by atoms with E-state index in [1.165, 1.54) is 0 Å². The van der Waals surface area contributed by atoms with Gasteiger partial charge in [0.25, 0.3) is 0 Å². The van der Waals surface area contributed by atoms with Crippen molar-refractivity contribution in [3.63, 3.8) is 0 Å². The second-order valence-corrected chi connectivity index (χ2v) is 7.17. The van der Waals surface area contributed by atoms with Crippen LogP contribution in [0.15, 0.2) is 29.6 Å². The van der Waals surface area contributed by atoms with Gasteiger partial charge < -0.3 is 15.7 Å². The molecule has 2 aromatic rings. The van der Waals surface area contributed by atoms with Crippen LogP contribution in [0, 0.1) is 12.8 Å². The summed E-state index contributed by atoms with van der Waals surface area (Å²) in [7, 11) is 0. The van der Waals surface area contributed by atoms with E-state index in [1.807, 2.05) is 36.6 Å². The van der Waals surface area contributed by atoms with E-state index < -0.39 is 0 Å². The molecular formula is C18H23N3O2S. The minimum absolute atomic E-state index is 0.0496. The highest BCUT2D eigenvalue weighted by atomic mass is 32.1. The first-order valence-electron chi connectivity index (χ1n) is 8.36. The van der Waals surface area contributed by atoms with Crippen molar-refractivity contribution in [2.75, 3.05) is 11.9 Å². The number of rotatable bonds is 4. The number of aliphatic hydroxyl groups excluding tert-OH is 1. The quantitative estimate of drug-likeness (QED) is 0.789. The molecule has 1 saturated carbocycles. The van der Waals surface area contributed by atoms with Crippen molar-refractivity contribution >= 4 is 23.1 Å². The van der Waals surface area contributed by atoms with E-state index in [9.17, 15) is 9.90 Å². The van der Waals surface area contributed by atoms with Crippen molar-refractivity contribution in [2.24, 2.45) is 5.92 Å². The van der Waals surface area contributed by atoms with E-state index in [0.717, 1.165) is 47.6 Å². The van der Waals surface area contributed by atoms with Crippen LogP contribution >= 0.6 is 11.3 Å². The summed E-state index contributed by atoms with van der Waals surface area (Å²) in [5, 5.41) is 18.3. The van der Waals surface area contributed by atoms with Crippen molar-refractivity contribution in [3.8, 4) is 10.6 Å². The Kier molecular flexibility index (Phi) is 5.48. The number of nitrogens with one attached hydrogen (secondary N) is 2. The number of amides is 2. The summed E-state index contributed by atoms with van der Waals surface area (Å²) in [5.41, 5.74) is 2.74. The molecule has 3 rings (SSSR count). The molecule has 0 spiro atoms. The largest absolute Gasteiger partial charge is 0.396 e. The SMILES string of the molecule is Cc1csc(-c2cccc(NC(=O)NC3CCCCC3CO)c2)n1. The van der Waals surface area contributed by atoms with E-state index >= 15 is 0 Å². The molecule has 6 heteroatoms. The van der Waals surface area contributed by atoms with E-state index in [-0.39, 0.29) is 24.6 Å². The van der Waals surface area contributed by atoms with Gasteiger partial charge in [0, 0.05) is 40.9 Å². The van der Waals surface area contributed by atoms with Crippen LogP contribution in [0.2, 0.25) is 0 Å². The van der Waals surface area contributed by atoms with E-state index in [4.69, 9.17) is 0 Å². The summed E-state index contributed by atoms with van der Waals surface area (Å²) in [6, 6.07) is 7.54. The molecule has 1 fully saturated rings. The minimum Gasteiger partial charge on any atom is -0.396 e. The van der Waals surface area contributed by atoms with Gasteiger partial charge in [-0.2, -0.15) is 0 Å². The number of aliphatic hydroxyl groups is 1. The van der Waals surface area contributed by atoms with Crippen molar-refractivity contribution in [1.29, 1.82) is 0 Å². The highest BCUT2D eigenvalue weighted by molar-refractivity contribution is 7.13. The number of carbonyl (C=O) groups excluding carboxylic acids is 1. The predicted octanol–water partition coefficient (Wildman–Crippen LogP) is 3.79. The number of aromatic nitrogens is 1. The first-order valence-corrected chi connectivity index (χ1v) is 9.24. The van der Waals surface area contributed by atoms with Crippen LogP contribution in [-0.4, -0.2) is 28.8 Å². The first kappa shape index (κ1) is 16.9. The van der Waals surface area contributed by atoms with Gasteiger partial charge in [-0.3, -0.25) is 0 Å². The number of hydrogen-bond acceptors (Lipinski definition) is 4. The Morgan fingerprint density at radius 2 is 2.21 bits per heavy atom. The average molecular weight is 345 g/mol. The number of anilines is 1. The summed E-state index contributed by atoms with van der Waals surface area (Å²) in [6.45, 7) is 2.10. The van der Waals surface area contributed by atoms with Crippen LogP contribution in [0.1, 0.15) is 31.4 Å². The molecule has 2 unspecified atom stereocenters. The van der Waals surface area contributed by atoms with Gasteiger partial charge in [0.2, 0.25) is 0 Å². The minimum atomic E-state index is -0.215. The zero-order chi connectivity index (χ0) is 16.9. The van der Waals surface area contributed by atoms with Crippen molar-refractivity contribution < 1.29 is 9.90 Å². The fourth-order valence-electron chi connectivity index (χ4n) is 3.17. The summed E-state index contributed by atoms with van der Waals surface area (Å²) in [6.07, 6.45) is 4.12. The molecule has 2 amide bonds. The molecule has 1 aromatic heterocycles.